The van der Waals surface area contributed by atoms with Crippen molar-refractivity contribution in [2.75, 3.05) is 0 Å². The Bertz CT molecular complexity index is 198. The van der Waals surface area contributed by atoms with E-state index in [1.54, 1.807) is 0 Å². The third-order valence-corrected chi connectivity index (χ3v) is 1.75. The molecule has 0 radical (unpaired) electrons. The van der Waals surface area contributed by atoms with Gasteiger partial charge >= 0.3 is 0 Å². The molecule has 1 rings (SSSR count). The molecular weight excluding hydrogens is 164 g/mol. The van der Waals surface area contributed by atoms with Crippen LogP contribution in [0.4, 0.5) is 0 Å². The van der Waals surface area contributed by atoms with Gasteiger partial charge in [0.25, 0.3) is 0 Å². The highest BCUT2D eigenvalue weighted by atomic mass is 16.6. The van der Waals surface area contributed by atoms with Gasteiger partial charge in [0.1, 0.15) is 24.4 Å². The highest BCUT2D eigenvalue weighted by molar-refractivity contribution is 5.04. The first-order valence-electron chi connectivity index (χ1n) is 3.41. The summed E-state index contributed by atoms with van der Waals surface area (Å²) in [6, 6.07) is 0. The summed E-state index contributed by atoms with van der Waals surface area (Å²) < 4.78 is 4.59. The number of aliphatic hydroxyl groups is 4. The van der Waals surface area contributed by atoms with E-state index < -0.39 is 30.7 Å². The number of rotatable bonds is 0. The average Bonchev–Trinajstić information content (AvgIpc) is 2.08. The smallest absolute Gasteiger partial charge is 0.185 e. The van der Waals surface area contributed by atoms with E-state index in [1.807, 2.05) is 5.92 Å². The standard InChI is InChI=1S/C7H10O5/c1-2-3-4(8)5(9)6(10)7(11)12-3/h1,3-11H/t3-,4-,5+,6-,7?/m1/s1. The molecule has 5 heteroatoms. The second kappa shape index (κ2) is 3.39. The maximum absolute atomic E-state index is 9.14. The lowest BCUT2D eigenvalue weighted by molar-refractivity contribution is -0.269. The van der Waals surface area contributed by atoms with E-state index in [0.29, 0.717) is 0 Å². The van der Waals surface area contributed by atoms with Crippen LogP contribution in [0, 0.1) is 12.3 Å². The molecule has 1 unspecified atom stereocenters. The van der Waals surface area contributed by atoms with Gasteiger partial charge in [0.05, 0.1) is 0 Å². The first-order valence-corrected chi connectivity index (χ1v) is 3.41. The molecule has 0 bridgehead atoms. The molecule has 1 aliphatic heterocycles. The van der Waals surface area contributed by atoms with E-state index in [0.717, 1.165) is 0 Å². The van der Waals surface area contributed by atoms with Crippen molar-refractivity contribution in [2.45, 2.75) is 30.7 Å². The third kappa shape index (κ3) is 1.43. The zero-order valence-corrected chi connectivity index (χ0v) is 6.16. The molecule has 1 heterocycles. The van der Waals surface area contributed by atoms with Gasteiger partial charge in [0, 0.05) is 0 Å². The van der Waals surface area contributed by atoms with Gasteiger partial charge in [-0.2, -0.15) is 0 Å². The van der Waals surface area contributed by atoms with Gasteiger partial charge in [0.2, 0.25) is 0 Å². The van der Waals surface area contributed by atoms with Crippen molar-refractivity contribution in [3.05, 3.63) is 0 Å². The van der Waals surface area contributed by atoms with Crippen molar-refractivity contribution in [3.8, 4) is 12.3 Å². The molecule has 0 aliphatic carbocycles. The molecule has 4 N–H and O–H groups in total. The first-order chi connectivity index (χ1) is 5.57. The van der Waals surface area contributed by atoms with Gasteiger partial charge < -0.3 is 25.2 Å². The molecule has 1 aliphatic rings. The van der Waals surface area contributed by atoms with E-state index in [9.17, 15) is 0 Å². The molecule has 0 aromatic carbocycles. The maximum atomic E-state index is 9.14. The summed E-state index contributed by atoms with van der Waals surface area (Å²) in [5, 5.41) is 36.1. The van der Waals surface area contributed by atoms with Gasteiger partial charge in [-0.3, -0.25) is 0 Å². The molecule has 12 heavy (non-hydrogen) atoms. The highest BCUT2D eigenvalue weighted by Gasteiger charge is 2.42. The van der Waals surface area contributed by atoms with Gasteiger partial charge in [-0.05, 0) is 0 Å². The summed E-state index contributed by atoms with van der Waals surface area (Å²) in [4.78, 5) is 0. The van der Waals surface area contributed by atoms with Crippen molar-refractivity contribution in [3.63, 3.8) is 0 Å². The van der Waals surface area contributed by atoms with Crippen LogP contribution in [-0.4, -0.2) is 51.1 Å². The second-order valence-corrected chi connectivity index (χ2v) is 2.59. The van der Waals surface area contributed by atoms with Crippen LogP contribution in [-0.2, 0) is 4.74 Å². The first kappa shape index (κ1) is 9.45. The van der Waals surface area contributed by atoms with Crippen molar-refractivity contribution in [1.29, 1.82) is 0 Å². The fourth-order valence-corrected chi connectivity index (χ4v) is 0.999. The Morgan fingerprint density at radius 3 is 2.08 bits per heavy atom. The Balaban J connectivity index is 2.72. The lowest BCUT2D eigenvalue weighted by Crippen LogP contribution is -2.56. The Kier molecular flexibility index (Phi) is 2.67. The summed E-state index contributed by atoms with van der Waals surface area (Å²) in [6.45, 7) is 0. The molecule has 0 spiro atoms. The number of hydrogen-bond acceptors (Lipinski definition) is 5. The van der Waals surface area contributed by atoms with E-state index in [2.05, 4.69) is 4.74 Å². The topological polar surface area (TPSA) is 90.2 Å². The van der Waals surface area contributed by atoms with Crippen LogP contribution in [0.1, 0.15) is 0 Å². The van der Waals surface area contributed by atoms with Gasteiger partial charge in [-0.15, -0.1) is 6.42 Å². The largest absolute Gasteiger partial charge is 0.387 e. The van der Waals surface area contributed by atoms with Crippen molar-refractivity contribution in [2.24, 2.45) is 0 Å². The molecule has 1 fully saturated rings. The minimum Gasteiger partial charge on any atom is -0.387 e. The molecular formula is C7H10O5. The number of hydrogen-bond donors (Lipinski definition) is 4. The quantitative estimate of drug-likeness (QED) is 0.303. The van der Waals surface area contributed by atoms with E-state index in [4.69, 9.17) is 26.8 Å². The van der Waals surface area contributed by atoms with Crippen LogP contribution in [0.3, 0.4) is 0 Å². The summed E-state index contributed by atoms with van der Waals surface area (Å²) in [7, 11) is 0. The van der Waals surface area contributed by atoms with Crippen molar-refractivity contribution in [1.82, 2.24) is 0 Å². The Morgan fingerprint density at radius 1 is 1.00 bits per heavy atom. The molecule has 0 amide bonds. The van der Waals surface area contributed by atoms with Crippen LogP contribution >= 0.6 is 0 Å². The molecule has 0 aromatic heterocycles. The summed E-state index contributed by atoms with van der Waals surface area (Å²) >= 11 is 0. The normalized spacial score (nSPS) is 48.4. The highest BCUT2D eigenvalue weighted by Crippen LogP contribution is 2.18. The summed E-state index contributed by atoms with van der Waals surface area (Å²) in [6.07, 6.45) is -2.08. The van der Waals surface area contributed by atoms with Crippen molar-refractivity contribution < 1.29 is 25.2 Å². The molecule has 0 aromatic rings. The Morgan fingerprint density at radius 2 is 1.58 bits per heavy atom. The van der Waals surface area contributed by atoms with Crippen LogP contribution in [0.15, 0.2) is 0 Å². The van der Waals surface area contributed by atoms with E-state index in [1.165, 1.54) is 0 Å². The maximum Gasteiger partial charge on any atom is 0.185 e. The Hall–Kier alpha value is -0.640. The van der Waals surface area contributed by atoms with Crippen molar-refractivity contribution >= 4 is 0 Å². The lowest BCUT2D eigenvalue weighted by atomic mass is 10.00. The summed E-state index contributed by atoms with van der Waals surface area (Å²) in [5.41, 5.74) is 0. The monoisotopic (exact) mass is 174 g/mol. The molecule has 5 nitrogen and oxygen atoms in total. The SMILES string of the molecule is C#C[C@H]1OC(O)[C@H](O)[C@@H](O)[C@@H]1O. The molecule has 1 saturated heterocycles. The Labute approximate surface area is 69.2 Å². The second-order valence-electron chi connectivity index (χ2n) is 2.59. The molecule has 5 atom stereocenters. The predicted octanol–water partition coefficient (Wildman–Crippen LogP) is -2.58. The van der Waals surface area contributed by atoms with Gasteiger partial charge in [-0.25, -0.2) is 0 Å². The van der Waals surface area contributed by atoms with Crippen LogP contribution in [0.5, 0.6) is 0 Å². The number of ether oxygens (including phenoxy) is 1. The third-order valence-electron chi connectivity index (χ3n) is 1.75. The van der Waals surface area contributed by atoms with Crippen LogP contribution in [0.25, 0.3) is 0 Å². The fourth-order valence-electron chi connectivity index (χ4n) is 0.999. The zero-order valence-electron chi connectivity index (χ0n) is 6.16. The lowest BCUT2D eigenvalue weighted by Gasteiger charge is -2.35. The van der Waals surface area contributed by atoms with Gasteiger partial charge in [-0.1, -0.05) is 5.92 Å². The van der Waals surface area contributed by atoms with E-state index >= 15 is 0 Å². The van der Waals surface area contributed by atoms with Gasteiger partial charge in [0.15, 0.2) is 6.29 Å². The number of aliphatic hydroxyl groups excluding tert-OH is 4. The van der Waals surface area contributed by atoms with Crippen LogP contribution < -0.4 is 0 Å². The van der Waals surface area contributed by atoms with E-state index in [-0.39, 0.29) is 0 Å². The molecule has 68 valence electrons. The average molecular weight is 174 g/mol. The molecule has 0 saturated carbocycles. The van der Waals surface area contributed by atoms with Crippen LogP contribution in [0.2, 0.25) is 0 Å². The summed E-state index contributed by atoms with van der Waals surface area (Å²) in [5.74, 6) is 2.03. The predicted molar refractivity (Wildman–Crippen MR) is 37.7 cm³/mol. The minimum absolute atomic E-state index is 1.08. The number of terminal acetylenes is 1. The minimum atomic E-state index is -1.55. The fraction of sp³-hybridized carbons (Fsp3) is 0.714. The zero-order chi connectivity index (χ0) is 9.30.